The van der Waals surface area contributed by atoms with Crippen molar-refractivity contribution in [3.63, 3.8) is 0 Å². The molecule has 1 unspecified atom stereocenters. The van der Waals surface area contributed by atoms with E-state index in [1.165, 1.54) is 0 Å². The summed E-state index contributed by atoms with van der Waals surface area (Å²) in [5.74, 6) is 0. The molecule has 0 amide bonds. The molecule has 30 valence electrons. The van der Waals surface area contributed by atoms with Crippen molar-refractivity contribution in [3.8, 4) is 0 Å². The molecule has 0 aromatic carbocycles. The highest BCUT2D eigenvalue weighted by Crippen LogP contribution is 1.71. The van der Waals surface area contributed by atoms with Gasteiger partial charge in [-0.2, -0.15) is 0 Å². The summed E-state index contributed by atoms with van der Waals surface area (Å²) in [7, 11) is 0. The van der Waals surface area contributed by atoms with E-state index in [1.807, 2.05) is 6.92 Å². The van der Waals surface area contributed by atoms with E-state index < -0.39 is 6.17 Å². The lowest BCUT2D eigenvalue weighted by Gasteiger charge is -1.88. The number of rotatable bonds is 1. The normalized spacial score (nSPS) is 9.60. The Kier molecular flexibility index (Phi) is 2.14. The Morgan fingerprint density at radius 3 is 2.20 bits per heavy atom. The molecule has 2 radical (unpaired) electrons. The molecule has 0 spiro atoms. The third kappa shape index (κ3) is 3.92. The Morgan fingerprint density at radius 2 is 2.20 bits per heavy atom. The van der Waals surface area contributed by atoms with E-state index in [2.05, 4.69) is 0 Å². The van der Waals surface area contributed by atoms with Gasteiger partial charge in [-0.1, -0.05) is 6.92 Å². The number of nitrogens with two attached hydrogens (primary N) is 1. The third-order valence-corrected chi connectivity index (χ3v) is 0.418. The first-order valence-electron chi connectivity index (χ1n) is 1.71. The zero-order chi connectivity index (χ0) is 4.28. The molecule has 0 aromatic heterocycles. The van der Waals surface area contributed by atoms with Crippen molar-refractivity contribution in [3.05, 3.63) is 0 Å². The van der Waals surface area contributed by atoms with E-state index in [0.29, 0.717) is 6.42 Å². The van der Waals surface area contributed by atoms with Crippen LogP contribution in [-0.4, -0.2) is 6.17 Å². The lowest BCUT2D eigenvalue weighted by molar-refractivity contribution is 0.661. The van der Waals surface area contributed by atoms with Crippen LogP contribution in [0.5, 0.6) is 0 Å². The van der Waals surface area contributed by atoms with Crippen LogP contribution in [0, 0.1) is 0 Å². The summed E-state index contributed by atoms with van der Waals surface area (Å²) in [6.45, 7) is 1.82. The molecule has 0 aliphatic heterocycles. The molecule has 2 nitrogen and oxygen atoms in total. The van der Waals surface area contributed by atoms with Crippen LogP contribution in [0.25, 0.3) is 0 Å². The summed E-state index contributed by atoms with van der Waals surface area (Å²) in [6.07, 6.45) is 0.0231. The van der Waals surface area contributed by atoms with Crippen LogP contribution < -0.4 is 11.5 Å². The maximum atomic E-state index is 8.14. The highest BCUT2D eigenvalue weighted by atomic mass is 14.8. The van der Waals surface area contributed by atoms with Crippen molar-refractivity contribution >= 4 is 0 Å². The molecule has 0 saturated heterocycles. The Labute approximate surface area is 32.1 Å². The van der Waals surface area contributed by atoms with Gasteiger partial charge >= 0.3 is 0 Å². The first-order chi connectivity index (χ1) is 2.27. The first kappa shape index (κ1) is 4.92. The highest BCUT2D eigenvalue weighted by Gasteiger charge is 1.83. The van der Waals surface area contributed by atoms with Crippen molar-refractivity contribution in [2.45, 2.75) is 19.5 Å². The largest absolute Gasteiger partial charge is 0.313 e. The van der Waals surface area contributed by atoms with Crippen LogP contribution in [0.2, 0.25) is 0 Å². The molecule has 2 heteroatoms. The second-order valence-electron chi connectivity index (χ2n) is 0.976. The smallest absolute Gasteiger partial charge is 0.0898 e. The fourth-order valence-electron chi connectivity index (χ4n) is 0. The average Bonchev–Trinajstić information content (AvgIpc) is 1.38. The standard InChI is InChI=1S/C3H8N2/c1-2-3(4)5/h3H,2,4H2,1H3. The monoisotopic (exact) mass is 72.1 g/mol. The lowest BCUT2D eigenvalue weighted by Crippen LogP contribution is -2.18. The molecule has 0 rings (SSSR count). The Hall–Kier alpha value is -0.0800. The minimum atomic E-state index is -0.616. The fourth-order valence-corrected chi connectivity index (χ4v) is 0. The highest BCUT2D eigenvalue weighted by molar-refractivity contribution is 4.39. The maximum Gasteiger partial charge on any atom is 0.0898 e. The first-order valence-corrected chi connectivity index (χ1v) is 1.71. The van der Waals surface area contributed by atoms with E-state index >= 15 is 0 Å². The third-order valence-electron chi connectivity index (χ3n) is 0.418. The quantitative estimate of drug-likeness (QED) is 0.456. The molecular weight excluding hydrogens is 64.0 g/mol. The molecule has 0 bridgehead atoms. The summed E-state index contributed by atoms with van der Waals surface area (Å²) >= 11 is 0. The Bertz CT molecular complexity index is 18.9. The van der Waals surface area contributed by atoms with Gasteiger partial charge < -0.3 is 5.73 Å². The van der Waals surface area contributed by atoms with E-state index in [9.17, 15) is 0 Å². The minimum absolute atomic E-state index is 0.616. The van der Waals surface area contributed by atoms with Crippen LogP contribution in [-0.2, 0) is 0 Å². The summed E-state index contributed by atoms with van der Waals surface area (Å²) < 4.78 is 0. The van der Waals surface area contributed by atoms with Crippen LogP contribution in [0.4, 0.5) is 0 Å². The Morgan fingerprint density at radius 1 is 2.00 bits per heavy atom. The number of hydrogen-bond acceptors (Lipinski definition) is 1. The van der Waals surface area contributed by atoms with Crippen LogP contribution in [0.1, 0.15) is 13.3 Å². The van der Waals surface area contributed by atoms with E-state index in [4.69, 9.17) is 11.5 Å². The van der Waals surface area contributed by atoms with Gasteiger partial charge in [0.2, 0.25) is 0 Å². The predicted octanol–water partition coefficient (Wildman–Crippen LogP) is -0.250. The Balaban J connectivity index is 2.54. The topological polar surface area (TPSA) is 48.3 Å². The van der Waals surface area contributed by atoms with Crippen molar-refractivity contribution in [1.82, 2.24) is 5.73 Å². The molecule has 0 aliphatic rings. The average molecular weight is 72.1 g/mol. The summed E-state index contributed by atoms with van der Waals surface area (Å²) in [6, 6.07) is 0. The summed E-state index contributed by atoms with van der Waals surface area (Å²) in [5.41, 5.74) is 13.0. The van der Waals surface area contributed by atoms with Gasteiger partial charge in [-0.25, -0.2) is 0 Å². The van der Waals surface area contributed by atoms with Crippen LogP contribution in [0.15, 0.2) is 0 Å². The zero-order valence-electron chi connectivity index (χ0n) is 3.31. The van der Waals surface area contributed by atoms with Crippen molar-refractivity contribution in [1.29, 1.82) is 0 Å². The molecule has 1 atom stereocenters. The van der Waals surface area contributed by atoms with E-state index in [-0.39, 0.29) is 0 Å². The molecule has 5 heavy (non-hydrogen) atoms. The van der Waals surface area contributed by atoms with Gasteiger partial charge in [-0.05, 0) is 6.42 Å². The molecule has 0 saturated carbocycles. The summed E-state index contributed by atoms with van der Waals surface area (Å²) in [4.78, 5) is 0. The van der Waals surface area contributed by atoms with Gasteiger partial charge in [0.1, 0.15) is 0 Å². The van der Waals surface area contributed by atoms with Gasteiger partial charge in [-0.15, -0.1) is 5.73 Å². The van der Waals surface area contributed by atoms with Gasteiger partial charge in [0.15, 0.2) is 0 Å². The van der Waals surface area contributed by atoms with Crippen molar-refractivity contribution in [2.75, 3.05) is 0 Å². The van der Waals surface area contributed by atoms with Crippen molar-refractivity contribution < 1.29 is 0 Å². The van der Waals surface area contributed by atoms with Crippen LogP contribution >= 0.6 is 0 Å². The van der Waals surface area contributed by atoms with Crippen molar-refractivity contribution in [2.24, 2.45) is 5.73 Å². The molecule has 2 N–H and O–H groups in total. The number of hydrogen-bond donors (Lipinski definition) is 1. The van der Waals surface area contributed by atoms with Gasteiger partial charge in [0.25, 0.3) is 0 Å². The summed E-state index contributed by atoms with van der Waals surface area (Å²) in [5, 5.41) is 0. The molecule has 0 aromatic rings. The SMILES string of the molecule is CCC([N])N. The van der Waals surface area contributed by atoms with E-state index in [0.717, 1.165) is 0 Å². The second-order valence-corrected chi connectivity index (χ2v) is 0.976. The van der Waals surface area contributed by atoms with Gasteiger partial charge in [0, 0.05) is 0 Å². The minimum Gasteiger partial charge on any atom is -0.313 e. The molecule has 0 aliphatic carbocycles. The number of nitrogens with zero attached hydrogens (tertiary/aromatic N) is 1. The van der Waals surface area contributed by atoms with E-state index in [1.54, 1.807) is 0 Å². The van der Waals surface area contributed by atoms with Gasteiger partial charge in [-0.3, -0.25) is 0 Å². The maximum absolute atomic E-state index is 8.14. The van der Waals surface area contributed by atoms with Crippen LogP contribution in [0.3, 0.4) is 0 Å². The zero-order valence-corrected chi connectivity index (χ0v) is 3.31. The molecular formula is C3H8N2. The van der Waals surface area contributed by atoms with Gasteiger partial charge in [0.05, 0.1) is 6.17 Å². The molecule has 0 heterocycles. The fraction of sp³-hybridized carbons (Fsp3) is 1.00. The predicted molar refractivity (Wildman–Crippen MR) is 20.4 cm³/mol. The molecule has 0 fully saturated rings. The lowest BCUT2D eigenvalue weighted by atomic mass is 10.4. The second kappa shape index (κ2) is 2.18.